The van der Waals surface area contributed by atoms with Gasteiger partial charge in [0, 0.05) is 55.2 Å². The van der Waals surface area contributed by atoms with Crippen LogP contribution in [0.3, 0.4) is 0 Å². The predicted molar refractivity (Wildman–Crippen MR) is 147 cm³/mol. The van der Waals surface area contributed by atoms with Crippen molar-refractivity contribution in [2.75, 3.05) is 26.3 Å². The van der Waals surface area contributed by atoms with Crippen LogP contribution in [0.1, 0.15) is 52.4 Å². The smallest absolute Gasteiger partial charge is 0.297 e. The summed E-state index contributed by atoms with van der Waals surface area (Å²) in [6.07, 6.45) is 0.0265. The van der Waals surface area contributed by atoms with Crippen LogP contribution in [-0.4, -0.2) is 76.9 Å². The molecule has 4 aliphatic heterocycles. The third kappa shape index (κ3) is 5.00. The molecule has 3 saturated heterocycles. The molecule has 3 amide bonds. The molecule has 3 atom stereocenters. The van der Waals surface area contributed by atoms with Crippen molar-refractivity contribution in [3.63, 3.8) is 0 Å². The molecule has 5 heterocycles. The maximum absolute atomic E-state index is 15.1. The fourth-order valence-corrected chi connectivity index (χ4v) is 6.41. The summed E-state index contributed by atoms with van der Waals surface area (Å²) in [4.78, 5) is 44.6. The Morgan fingerprint density at radius 1 is 1.07 bits per heavy atom. The number of ether oxygens (including phenoxy) is 2. The summed E-state index contributed by atoms with van der Waals surface area (Å²) in [7, 11) is 0. The van der Waals surface area contributed by atoms with Crippen molar-refractivity contribution < 1.29 is 32.6 Å². The van der Waals surface area contributed by atoms with Crippen LogP contribution >= 0.6 is 0 Å². The fourth-order valence-electron chi connectivity index (χ4n) is 6.41. The van der Waals surface area contributed by atoms with Crippen LogP contribution in [0.15, 0.2) is 48.5 Å². The van der Waals surface area contributed by atoms with Gasteiger partial charge in [-0.05, 0) is 60.4 Å². The first-order valence-electron chi connectivity index (χ1n) is 14.3. The van der Waals surface area contributed by atoms with Crippen LogP contribution in [0.2, 0.25) is 0 Å². The van der Waals surface area contributed by atoms with Crippen molar-refractivity contribution in [3.05, 3.63) is 70.9 Å². The second-order valence-corrected chi connectivity index (χ2v) is 11.6. The van der Waals surface area contributed by atoms with E-state index in [1.54, 1.807) is 17.0 Å². The topological polar surface area (TPSA) is 101 Å². The van der Waals surface area contributed by atoms with E-state index in [0.29, 0.717) is 30.2 Å². The number of hydrogen-bond donors (Lipinski definition) is 1. The second-order valence-electron chi connectivity index (χ2n) is 11.6. The normalized spacial score (nSPS) is 25.7. The number of likely N-dealkylation sites (tertiary alicyclic amines) is 1. The number of amides is 3. The number of rotatable bonds is 6. The van der Waals surface area contributed by atoms with Crippen molar-refractivity contribution in [1.29, 1.82) is 0 Å². The Morgan fingerprint density at radius 2 is 1.95 bits per heavy atom. The first-order valence-corrected chi connectivity index (χ1v) is 14.3. The molecule has 11 heteroatoms. The van der Waals surface area contributed by atoms with Gasteiger partial charge in [-0.3, -0.25) is 29.6 Å². The molecule has 3 fully saturated rings. The number of pyridine rings is 1. The summed E-state index contributed by atoms with van der Waals surface area (Å²) < 4.78 is 41.5. The van der Waals surface area contributed by atoms with E-state index < -0.39 is 30.5 Å². The molecule has 1 N–H and O–H groups in total. The average molecular weight is 577 g/mol. The molecule has 0 spiro atoms. The average Bonchev–Trinajstić information content (AvgIpc) is 3.67. The SMILES string of the molecule is O=C1CC[C@H](N2Cc3cc(O[C@@H]4CN(Cc5ccc6nc([C@H]7CCOC7)ccc6c5)CC4(F)F)ccc3C2=O)C(=O)N1. The van der Waals surface area contributed by atoms with E-state index >= 15 is 8.78 Å². The Morgan fingerprint density at radius 3 is 2.76 bits per heavy atom. The number of benzene rings is 2. The predicted octanol–water partition coefficient (Wildman–Crippen LogP) is 3.40. The van der Waals surface area contributed by atoms with Crippen molar-refractivity contribution in [2.24, 2.45) is 0 Å². The first-order chi connectivity index (χ1) is 20.2. The van der Waals surface area contributed by atoms with Crippen LogP contribution in [0.25, 0.3) is 10.9 Å². The Bertz CT molecular complexity index is 1590. The summed E-state index contributed by atoms with van der Waals surface area (Å²) in [5, 5.41) is 3.24. The van der Waals surface area contributed by atoms with Gasteiger partial charge in [0.15, 0.2) is 6.10 Å². The van der Waals surface area contributed by atoms with Crippen molar-refractivity contribution in [1.82, 2.24) is 20.1 Å². The monoisotopic (exact) mass is 576 g/mol. The molecule has 2 aromatic carbocycles. The summed E-state index contributed by atoms with van der Waals surface area (Å²) in [6, 6.07) is 13.9. The molecule has 0 aliphatic carbocycles. The van der Waals surface area contributed by atoms with Gasteiger partial charge < -0.3 is 14.4 Å². The highest BCUT2D eigenvalue weighted by molar-refractivity contribution is 6.05. The van der Waals surface area contributed by atoms with E-state index in [1.807, 2.05) is 30.3 Å². The minimum absolute atomic E-state index is 0.0440. The maximum Gasteiger partial charge on any atom is 0.297 e. The minimum atomic E-state index is -3.07. The fraction of sp³-hybridized carbons (Fsp3) is 0.419. The number of nitrogens with one attached hydrogen (secondary N) is 1. The Balaban J connectivity index is 1.01. The summed E-state index contributed by atoms with van der Waals surface area (Å²) >= 11 is 0. The van der Waals surface area contributed by atoms with Gasteiger partial charge in [0.25, 0.3) is 11.8 Å². The Labute approximate surface area is 240 Å². The van der Waals surface area contributed by atoms with Gasteiger partial charge in [-0.2, -0.15) is 0 Å². The number of alkyl halides is 2. The highest BCUT2D eigenvalue weighted by atomic mass is 19.3. The third-order valence-electron chi connectivity index (χ3n) is 8.63. The summed E-state index contributed by atoms with van der Waals surface area (Å²) in [5.41, 5.74) is 3.83. The lowest BCUT2D eigenvalue weighted by Gasteiger charge is -2.29. The largest absolute Gasteiger partial charge is 0.483 e. The zero-order valence-corrected chi connectivity index (χ0v) is 22.9. The molecular formula is C31H30F2N4O5. The Hall–Kier alpha value is -3.96. The standard InChI is InChI=1S/C31H30F2N4O5/c32-31(33)17-36(13-18-1-5-24-19(11-18)2-6-25(34-24)20-9-10-41-16-20)15-27(31)42-22-3-4-23-21(12-22)14-37(30(23)40)26-7-8-28(38)35-29(26)39/h1-6,11-12,20,26-27H,7-10,13-17H2,(H,35,38,39)/t20-,26-,27+/m0/s1. The quantitative estimate of drug-likeness (QED) is 0.449. The van der Waals surface area contributed by atoms with E-state index in [2.05, 4.69) is 5.32 Å². The van der Waals surface area contributed by atoms with Gasteiger partial charge in [-0.25, -0.2) is 8.78 Å². The third-order valence-corrected chi connectivity index (χ3v) is 8.63. The first kappa shape index (κ1) is 26.9. The van der Waals surface area contributed by atoms with Crippen molar-refractivity contribution >= 4 is 28.6 Å². The number of nitrogens with zero attached hydrogens (tertiary/aromatic N) is 3. The van der Waals surface area contributed by atoms with Gasteiger partial charge in [0.2, 0.25) is 11.8 Å². The molecule has 4 aliphatic rings. The summed E-state index contributed by atoms with van der Waals surface area (Å²) in [6.45, 7) is 1.56. The molecule has 0 unspecified atom stereocenters. The van der Waals surface area contributed by atoms with Crippen LogP contribution < -0.4 is 10.1 Å². The molecule has 0 bridgehead atoms. The zero-order valence-electron chi connectivity index (χ0n) is 22.9. The number of imide groups is 1. The zero-order chi connectivity index (χ0) is 29.0. The van der Waals surface area contributed by atoms with Crippen molar-refractivity contribution in [2.45, 2.75) is 56.3 Å². The van der Waals surface area contributed by atoms with E-state index in [9.17, 15) is 14.4 Å². The van der Waals surface area contributed by atoms with Gasteiger partial charge in [0.1, 0.15) is 11.8 Å². The summed E-state index contributed by atoms with van der Waals surface area (Å²) in [5.74, 6) is -3.68. The molecule has 218 valence electrons. The minimum Gasteiger partial charge on any atom is -0.483 e. The molecule has 0 radical (unpaired) electrons. The van der Waals surface area contributed by atoms with E-state index in [1.165, 1.54) is 11.0 Å². The Kier molecular flexibility index (Phi) is 6.66. The molecular weight excluding hydrogens is 546 g/mol. The van der Waals surface area contributed by atoms with E-state index in [4.69, 9.17) is 14.5 Å². The van der Waals surface area contributed by atoms with Crippen LogP contribution in [0.5, 0.6) is 5.75 Å². The van der Waals surface area contributed by atoms with Crippen LogP contribution in [-0.2, 0) is 27.4 Å². The van der Waals surface area contributed by atoms with Gasteiger partial charge in [-0.1, -0.05) is 12.1 Å². The molecule has 0 saturated carbocycles. The lowest BCUT2D eigenvalue weighted by atomic mass is 10.0. The van der Waals surface area contributed by atoms with Crippen LogP contribution in [0.4, 0.5) is 8.78 Å². The number of hydrogen-bond acceptors (Lipinski definition) is 7. The highest BCUT2D eigenvalue weighted by Gasteiger charge is 2.50. The van der Waals surface area contributed by atoms with Crippen molar-refractivity contribution in [3.8, 4) is 5.75 Å². The van der Waals surface area contributed by atoms with Gasteiger partial charge in [0.05, 0.1) is 18.7 Å². The van der Waals surface area contributed by atoms with Crippen LogP contribution in [0, 0.1) is 0 Å². The molecule has 9 nitrogen and oxygen atoms in total. The number of carbonyl (C=O) groups excluding carboxylic acids is 3. The number of halogens is 2. The second kappa shape index (κ2) is 10.4. The number of fused-ring (bicyclic) bond motifs is 2. The number of carbonyl (C=O) groups is 3. The lowest BCUT2D eigenvalue weighted by Crippen LogP contribution is -2.52. The highest BCUT2D eigenvalue weighted by Crippen LogP contribution is 2.35. The molecule has 1 aromatic heterocycles. The number of aromatic nitrogens is 1. The molecule has 7 rings (SSSR count). The maximum atomic E-state index is 15.1. The number of piperidine rings is 1. The van der Waals surface area contributed by atoms with Gasteiger partial charge >= 0.3 is 0 Å². The molecule has 3 aromatic rings. The lowest BCUT2D eigenvalue weighted by molar-refractivity contribution is -0.136. The molecule has 42 heavy (non-hydrogen) atoms. The van der Waals surface area contributed by atoms with E-state index in [0.717, 1.165) is 35.2 Å². The van der Waals surface area contributed by atoms with E-state index in [-0.39, 0.29) is 43.5 Å². The van der Waals surface area contributed by atoms with Gasteiger partial charge in [-0.15, -0.1) is 0 Å².